The van der Waals surface area contributed by atoms with Gasteiger partial charge in [0.15, 0.2) is 0 Å². The van der Waals surface area contributed by atoms with Gasteiger partial charge in [0, 0.05) is 37.6 Å². The summed E-state index contributed by atoms with van der Waals surface area (Å²) in [6.07, 6.45) is 4.56. The van der Waals surface area contributed by atoms with Gasteiger partial charge in [0.1, 0.15) is 5.75 Å². The molecule has 0 spiro atoms. The van der Waals surface area contributed by atoms with Crippen LogP contribution in [-0.4, -0.2) is 62.1 Å². The highest BCUT2D eigenvalue weighted by Gasteiger charge is 2.35. The van der Waals surface area contributed by atoms with E-state index < -0.39 is 0 Å². The van der Waals surface area contributed by atoms with Gasteiger partial charge in [0.05, 0.1) is 19.7 Å². The van der Waals surface area contributed by atoms with Crippen molar-refractivity contribution in [3.8, 4) is 5.75 Å². The first kappa shape index (κ1) is 22.8. The van der Waals surface area contributed by atoms with E-state index in [0.29, 0.717) is 19.7 Å². The van der Waals surface area contributed by atoms with Crippen LogP contribution in [0.15, 0.2) is 35.7 Å². The number of hydrogen-bond donors (Lipinski definition) is 0. The van der Waals surface area contributed by atoms with Gasteiger partial charge >= 0.3 is 0 Å². The van der Waals surface area contributed by atoms with Crippen molar-refractivity contribution in [1.29, 1.82) is 0 Å². The number of ether oxygens (including phenoxy) is 2. The largest absolute Gasteiger partial charge is 0.497 e. The van der Waals surface area contributed by atoms with Gasteiger partial charge in [-0.15, -0.1) is 11.3 Å². The Bertz CT molecular complexity index is 922. The number of methoxy groups -OCH3 is 2. The van der Waals surface area contributed by atoms with Crippen LogP contribution in [0.5, 0.6) is 5.75 Å². The first-order chi connectivity index (χ1) is 15.6. The van der Waals surface area contributed by atoms with Gasteiger partial charge in [0.2, 0.25) is 11.8 Å². The number of nitrogens with zero attached hydrogens (tertiary/aromatic N) is 2. The van der Waals surface area contributed by atoms with E-state index in [2.05, 4.69) is 11.4 Å². The Hall–Kier alpha value is -2.38. The van der Waals surface area contributed by atoms with Crippen molar-refractivity contribution in [2.24, 2.45) is 5.92 Å². The molecule has 7 heteroatoms. The Kier molecular flexibility index (Phi) is 7.48. The van der Waals surface area contributed by atoms with Crippen molar-refractivity contribution in [2.45, 2.75) is 38.1 Å². The molecule has 1 aromatic heterocycles. The molecule has 6 nitrogen and oxygen atoms in total. The van der Waals surface area contributed by atoms with Crippen LogP contribution in [0.1, 0.15) is 47.7 Å². The molecular formula is C25H32N2O4S. The van der Waals surface area contributed by atoms with Crippen LogP contribution in [0.25, 0.3) is 0 Å². The van der Waals surface area contributed by atoms with E-state index in [1.165, 1.54) is 10.4 Å². The van der Waals surface area contributed by atoms with Crippen LogP contribution < -0.4 is 4.74 Å². The molecule has 1 fully saturated rings. The lowest BCUT2D eigenvalue weighted by Gasteiger charge is -2.38. The molecule has 2 heterocycles. The summed E-state index contributed by atoms with van der Waals surface area (Å²) in [5, 5.41) is 2.10. The molecule has 0 bridgehead atoms. The van der Waals surface area contributed by atoms with Crippen molar-refractivity contribution >= 4 is 23.2 Å². The summed E-state index contributed by atoms with van der Waals surface area (Å²) >= 11 is 1.75. The average Bonchev–Trinajstić information content (AvgIpc) is 3.25. The van der Waals surface area contributed by atoms with Crippen LogP contribution in [0.3, 0.4) is 0 Å². The second-order valence-electron chi connectivity index (χ2n) is 8.55. The van der Waals surface area contributed by atoms with Crippen LogP contribution in [-0.2, 0) is 20.7 Å². The van der Waals surface area contributed by atoms with Crippen molar-refractivity contribution in [3.05, 3.63) is 51.7 Å². The predicted octanol–water partition coefficient (Wildman–Crippen LogP) is 3.90. The Morgan fingerprint density at radius 2 is 1.94 bits per heavy atom. The Balaban J connectivity index is 1.55. The monoisotopic (exact) mass is 456 g/mol. The molecule has 0 N–H and O–H groups in total. The zero-order chi connectivity index (χ0) is 22.5. The molecule has 4 rings (SSSR count). The number of amides is 2. The fourth-order valence-electron chi connectivity index (χ4n) is 4.57. The smallest absolute Gasteiger partial charge is 0.242 e. The second-order valence-corrected chi connectivity index (χ2v) is 9.55. The number of hydrogen-bond acceptors (Lipinski definition) is 5. The number of carbonyl (C=O) groups excluding carboxylic acids is 2. The number of benzene rings is 1. The third kappa shape index (κ3) is 4.84. The summed E-state index contributed by atoms with van der Waals surface area (Å²) in [4.78, 5) is 31.7. The zero-order valence-electron chi connectivity index (χ0n) is 18.9. The third-order valence-corrected chi connectivity index (χ3v) is 7.58. The fraction of sp³-hybridized carbons (Fsp3) is 0.520. The standard InChI is InChI=1S/C25H32N2O4S/c1-30-15-4-13-26(25(29)19-5-3-6-19)17-23(28)27-14-11-22-21(12-16-32-22)24(27)18-7-9-20(31-2)10-8-18/h7-10,12,16,19,24H,3-6,11,13-15,17H2,1-2H3. The average molecular weight is 457 g/mol. The minimum atomic E-state index is -0.136. The minimum absolute atomic E-state index is 0.00718. The normalized spacial score (nSPS) is 18.1. The minimum Gasteiger partial charge on any atom is -0.497 e. The highest BCUT2D eigenvalue weighted by molar-refractivity contribution is 7.10. The van der Waals surface area contributed by atoms with E-state index in [-0.39, 0.29) is 30.3 Å². The lowest BCUT2D eigenvalue weighted by atomic mass is 9.84. The summed E-state index contributed by atoms with van der Waals surface area (Å²) < 4.78 is 10.5. The molecule has 2 aromatic rings. The van der Waals surface area contributed by atoms with Crippen molar-refractivity contribution < 1.29 is 19.1 Å². The lowest BCUT2D eigenvalue weighted by molar-refractivity contribution is -0.145. The SMILES string of the molecule is COCCCN(CC(=O)N1CCc2sccc2C1c1ccc(OC)cc1)C(=O)C1CCC1. The number of fused-ring (bicyclic) bond motifs is 1. The van der Waals surface area contributed by atoms with Crippen molar-refractivity contribution in [1.82, 2.24) is 9.80 Å². The van der Waals surface area contributed by atoms with E-state index in [0.717, 1.165) is 43.4 Å². The maximum Gasteiger partial charge on any atom is 0.242 e. The second kappa shape index (κ2) is 10.5. The molecule has 32 heavy (non-hydrogen) atoms. The number of thiophene rings is 1. The van der Waals surface area contributed by atoms with E-state index in [1.54, 1.807) is 30.5 Å². The molecule has 1 aliphatic carbocycles. The molecule has 0 radical (unpaired) electrons. The Morgan fingerprint density at radius 1 is 1.16 bits per heavy atom. The predicted molar refractivity (Wildman–Crippen MR) is 125 cm³/mol. The van der Waals surface area contributed by atoms with E-state index in [9.17, 15) is 9.59 Å². The zero-order valence-corrected chi connectivity index (χ0v) is 19.7. The summed E-state index contributed by atoms with van der Waals surface area (Å²) in [6.45, 7) is 1.93. The summed E-state index contributed by atoms with van der Waals surface area (Å²) in [5.74, 6) is 0.999. The first-order valence-electron chi connectivity index (χ1n) is 11.4. The summed E-state index contributed by atoms with van der Waals surface area (Å²) in [5.41, 5.74) is 2.26. The van der Waals surface area contributed by atoms with Gasteiger partial charge < -0.3 is 19.3 Å². The molecule has 1 unspecified atom stereocenters. The van der Waals surface area contributed by atoms with Gasteiger partial charge in [0.25, 0.3) is 0 Å². The fourth-order valence-corrected chi connectivity index (χ4v) is 5.47. The molecular weight excluding hydrogens is 424 g/mol. The van der Waals surface area contributed by atoms with E-state index in [1.807, 2.05) is 29.2 Å². The molecule has 1 aromatic carbocycles. The Labute approximate surface area is 194 Å². The van der Waals surface area contributed by atoms with Gasteiger partial charge in [-0.25, -0.2) is 0 Å². The molecule has 172 valence electrons. The van der Waals surface area contributed by atoms with Crippen LogP contribution in [0.2, 0.25) is 0 Å². The van der Waals surface area contributed by atoms with E-state index in [4.69, 9.17) is 9.47 Å². The molecule has 1 saturated carbocycles. The summed E-state index contributed by atoms with van der Waals surface area (Å²) in [7, 11) is 3.31. The third-order valence-electron chi connectivity index (χ3n) is 6.59. The summed E-state index contributed by atoms with van der Waals surface area (Å²) in [6, 6.07) is 9.94. The van der Waals surface area contributed by atoms with Gasteiger partial charge in [-0.2, -0.15) is 0 Å². The number of carbonyl (C=O) groups is 2. The van der Waals surface area contributed by atoms with Gasteiger partial charge in [-0.3, -0.25) is 9.59 Å². The molecule has 2 amide bonds. The van der Waals surface area contributed by atoms with Crippen molar-refractivity contribution in [3.63, 3.8) is 0 Å². The first-order valence-corrected chi connectivity index (χ1v) is 12.3. The highest BCUT2D eigenvalue weighted by Crippen LogP contribution is 2.38. The molecule has 0 saturated heterocycles. The van der Waals surface area contributed by atoms with Gasteiger partial charge in [-0.1, -0.05) is 18.6 Å². The van der Waals surface area contributed by atoms with Crippen LogP contribution in [0, 0.1) is 5.92 Å². The molecule has 1 aliphatic heterocycles. The highest BCUT2D eigenvalue weighted by atomic mass is 32.1. The van der Waals surface area contributed by atoms with Gasteiger partial charge in [-0.05, 0) is 60.4 Å². The van der Waals surface area contributed by atoms with Crippen molar-refractivity contribution in [2.75, 3.05) is 40.5 Å². The maximum atomic E-state index is 13.6. The molecule has 2 aliphatic rings. The molecule has 1 atom stereocenters. The lowest BCUT2D eigenvalue weighted by Crippen LogP contribution is -2.49. The number of rotatable bonds is 9. The van der Waals surface area contributed by atoms with E-state index >= 15 is 0 Å². The Morgan fingerprint density at radius 3 is 2.59 bits per heavy atom. The van der Waals surface area contributed by atoms with Crippen LogP contribution >= 0.6 is 11.3 Å². The van der Waals surface area contributed by atoms with Crippen LogP contribution in [0.4, 0.5) is 0 Å². The quantitative estimate of drug-likeness (QED) is 0.537. The topological polar surface area (TPSA) is 59.1 Å². The maximum absolute atomic E-state index is 13.6.